The monoisotopic (exact) mass is 501 g/mol. The highest BCUT2D eigenvalue weighted by molar-refractivity contribution is 8.15. The summed E-state index contributed by atoms with van der Waals surface area (Å²) < 4.78 is 5.25. The molecule has 34 heavy (non-hydrogen) atoms. The first-order valence-corrected chi connectivity index (χ1v) is 14.3. The number of thiophene rings is 1. The summed E-state index contributed by atoms with van der Waals surface area (Å²) in [5.41, 5.74) is 1.50. The minimum atomic E-state index is -0.495. The maximum atomic E-state index is 12.9. The van der Waals surface area contributed by atoms with Gasteiger partial charge in [0.2, 0.25) is 11.8 Å². The van der Waals surface area contributed by atoms with Crippen LogP contribution < -0.4 is 10.6 Å². The smallest absolute Gasteiger partial charge is 0.341 e. The third-order valence-electron chi connectivity index (χ3n) is 8.15. The summed E-state index contributed by atoms with van der Waals surface area (Å²) in [6.45, 7) is 2.07. The van der Waals surface area contributed by atoms with Gasteiger partial charge in [-0.2, -0.15) is 0 Å². The average Bonchev–Trinajstić information content (AvgIpc) is 3.41. The van der Waals surface area contributed by atoms with Gasteiger partial charge in [0.15, 0.2) is 5.17 Å². The summed E-state index contributed by atoms with van der Waals surface area (Å²) in [7, 11) is 0. The minimum Gasteiger partial charge on any atom is -0.462 e. The van der Waals surface area contributed by atoms with E-state index in [9.17, 15) is 14.4 Å². The lowest BCUT2D eigenvalue weighted by Crippen LogP contribution is -2.50. The van der Waals surface area contributed by atoms with Crippen molar-refractivity contribution in [3.8, 4) is 0 Å². The Morgan fingerprint density at radius 2 is 1.85 bits per heavy atom. The zero-order valence-electron chi connectivity index (χ0n) is 19.5. The van der Waals surface area contributed by atoms with Crippen molar-refractivity contribution in [2.75, 3.05) is 11.9 Å². The van der Waals surface area contributed by atoms with Gasteiger partial charge >= 0.3 is 5.97 Å². The predicted molar refractivity (Wildman–Crippen MR) is 133 cm³/mol. The lowest BCUT2D eigenvalue weighted by Gasteiger charge is -2.55. The van der Waals surface area contributed by atoms with Crippen molar-refractivity contribution in [3.63, 3.8) is 0 Å². The van der Waals surface area contributed by atoms with Crippen molar-refractivity contribution in [2.24, 2.45) is 22.7 Å². The fourth-order valence-electron chi connectivity index (χ4n) is 7.27. The molecule has 1 aliphatic heterocycles. The molecule has 2 heterocycles. The third kappa shape index (κ3) is 4.08. The van der Waals surface area contributed by atoms with E-state index in [0.29, 0.717) is 22.3 Å². The number of rotatable bonds is 6. The Bertz CT molecular complexity index is 1040. The summed E-state index contributed by atoms with van der Waals surface area (Å²) in [5, 5.41) is 6.61. The van der Waals surface area contributed by atoms with Gasteiger partial charge in [-0.15, -0.1) is 11.3 Å². The summed E-state index contributed by atoms with van der Waals surface area (Å²) in [5.74, 6) is 1.59. The molecule has 5 aliphatic carbocycles. The first kappa shape index (κ1) is 22.6. The van der Waals surface area contributed by atoms with Gasteiger partial charge in [0.05, 0.1) is 17.7 Å². The number of aliphatic imine (C=N–C) groups is 1. The lowest BCUT2D eigenvalue weighted by atomic mass is 9.53. The SMILES string of the molecule is CCOC(=O)c1c(NC(=O)CC2SC(=NC34CC5CC(CC(C5)C3)C4)NC2=O)sc2c1CCC2. The van der Waals surface area contributed by atoms with Gasteiger partial charge in [-0.3, -0.25) is 14.6 Å². The van der Waals surface area contributed by atoms with Crippen LogP contribution in [0.1, 0.15) is 79.1 Å². The number of carbonyl (C=O) groups is 3. The van der Waals surface area contributed by atoms with E-state index in [1.807, 2.05) is 0 Å². The van der Waals surface area contributed by atoms with Gasteiger partial charge in [-0.25, -0.2) is 4.79 Å². The normalized spacial score (nSPS) is 34.4. The molecule has 182 valence electrons. The predicted octanol–water partition coefficient (Wildman–Crippen LogP) is 4.30. The highest BCUT2D eigenvalue weighted by atomic mass is 32.2. The van der Waals surface area contributed by atoms with Gasteiger partial charge in [-0.05, 0) is 88.0 Å². The number of amides is 2. The molecule has 7 rings (SSSR count). The molecule has 0 radical (unpaired) electrons. The van der Waals surface area contributed by atoms with Crippen LogP contribution in [0.5, 0.6) is 0 Å². The van der Waals surface area contributed by atoms with Crippen molar-refractivity contribution < 1.29 is 19.1 Å². The first-order valence-electron chi connectivity index (χ1n) is 12.6. The van der Waals surface area contributed by atoms with Gasteiger partial charge in [0.25, 0.3) is 0 Å². The molecule has 2 amide bonds. The highest BCUT2D eigenvalue weighted by Gasteiger charge is 2.51. The largest absolute Gasteiger partial charge is 0.462 e. The molecule has 1 aromatic heterocycles. The molecule has 7 nitrogen and oxygen atoms in total. The second-order valence-corrected chi connectivity index (χ2v) is 13.0. The molecule has 5 fully saturated rings. The van der Waals surface area contributed by atoms with E-state index < -0.39 is 5.25 Å². The fourth-order valence-corrected chi connectivity index (χ4v) is 9.64. The van der Waals surface area contributed by atoms with E-state index in [-0.39, 0.29) is 29.7 Å². The van der Waals surface area contributed by atoms with E-state index in [1.54, 1.807) is 6.92 Å². The molecule has 1 aromatic rings. The van der Waals surface area contributed by atoms with Crippen molar-refractivity contribution in [1.82, 2.24) is 5.32 Å². The molecule has 1 saturated heterocycles. The Kier molecular flexibility index (Phi) is 5.75. The summed E-state index contributed by atoms with van der Waals surface area (Å²) in [6, 6.07) is 0. The summed E-state index contributed by atoms with van der Waals surface area (Å²) >= 11 is 2.85. The number of thioether (sulfide) groups is 1. The zero-order chi connectivity index (χ0) is 23.4. The number of hydrogen-bond acceptors (Lipinski definition) is 7. The Balaban J connectivity index is 1.13. The van der Waals surface area contributed by atoms with Crippen LogP contribution in [0.25, 0.3) is 0 Å². The molecule has 6 aliphatic rings. The second-order valence-electron chi connectivity index (χ2n) is 10.7. The lowest BCUT2D eigenvalue weighted by molar-refractivity contribution is -0.122. The van der Waals surface area contributed by atoms with Crippen molar-refractivity contribution in [2.45, 2.75) is 81.9 Å². The fraction of sp³-hybridized carbons (Fsp3) is 0.680. The molecular weight excluding hydrogens is 470 g/mol. The van der Waals surface area contributed by atoms with Gasteiger partial charge in [0.1, 0.15) is 10.3 Å². The zero-order valence-corrected chi connectivity index (χ0v) is 21.1. The Morgan fingerprint density at radius 1 is 1.15 bits per heavy atom. The van der Waals surface area contributed by atoms with Crippen LogP contribution >= 0.6 is 23.1 Å². The van der Waals surface area contributed by atoms with E-state index in [1.165, 1.54) is 42.4 Å². The first-order chi connectivity index (χ1) is 16.4. The Hall–Kier alpha value is -1.87. The molecule has 9 heteroatoms. The number of aryl methyl sites for hydroxylation is 1. The number of anilines is 1. The maximum Gasteiger partial charge on any atom is 0.341 e. The topological polar surface area (TPSA) is 96.9 Å². The molecule has 4 saturated carbocycles. The number of amidine groups is 1. The highest BCUT2D eigenvalue weighted by Crippen LogP contribution is 2.57. The number of ether oxygens (including phenoxy) is 1. The van der Waals surface area contributed by atoms with Crippen LogP contribution in [0.2, 0.25) is 0 Å². The van der Waals surface area contributed by atoms with Crippen LogP contribution in [-0.2, 0) is 27.2 Å². The summed E-state index contributed by atoms with van der Waals surface area (Å²) in [4.78, 5) is 44.4. The standard InChI is InChI=1S/C25H31N3O4S2/c1-2-32-23(31)20-16-4-3-5-17(16)33-22(20)26-19(29)9-18-21(30)27-24(34-18)28-25-10-13-6-14(11-25)8-15(7-13)12-25/h13-15,18H,2-12H2,1H3,(H,26,29)(H,27,28,30). The van der Waals surface area contributed by atoms with E-state index in [4.69, 9.17) is 9.73 Å². The number of nitrogens with zero attached hydrogens (tertiary/aromatic N) is 1. The molecule has 0 spiro atoms. The summed E-state index contributed by atoms with van der Waals surface area (Å²) in [6.07, 6.45) is 10.3. The van der Waals surface area contributed by atoms with E-state index in [0.717, 1.165) is 66.7 Å². The van der Waals surface area contributed by atoms with Gasteiger partial charge < -0.3 is 15.4 Å². The van der Waals surface area contributed by atoms with Gasteiger partial charge in [-0.1, -0.05) is 11.8 Å². The number of nitrogens with one attached hydrogen (secondary N) is 2. The van der Waals surface area contributed by atoms with Crippen LogP contribution in [0.15, 0.2) is 4.99 Å². The molecule has 1 unspecified atom stereocenters. The number of fused-ring (bicyclic) bond motifs is 1. The number of esters is 1. The van der Waals surface area contributed by atoms with Gasteiger partial charge in [0, 0.05) is 11.3 Å². The molecule has 4 bridgehead atoms. The van der Waals surface area contributed by atoms with E-state index in [2.05, 4.69) is 10.6 Å². The number of hydrogen-bond donors (Lipinski definition) is 2. The quantitative estimate of drug-likeness (QED) is 0.567. The average molecular weight is 502 g/mol. The maximum absolute atomic E-state index is 12.9. The van der Waals surface area contributed by atoms with Crippen molar-refractivity contribution in [3.05, 3.63) is 16.0 Å². The molecule has 1 atom stereocenters. The third-order valence-corrected chi connectivity index (χ3v) is 10.4. The number of carbonyl (C=O) groups excluding carboxylic acids is 3. The molecule has 0 aromatic carbocycles. The van der Waals surface area contributed by atoms with Crippen molar-refractivity contribution in [1.29, 1.82) is 0 Å². The van der Waals surface area contributed by atoms with Crippen LogP contribution in [0.3, 0.4) is 0 Å². The van der Waals surface area contributed by atoms with Crippen LogP contribution in [-0.4, -0.2) is 40.3 Å². The van der Waals surface area contributed by atoms with E-state index >= 15 is 0 Å². The second kappa shape index (κ2) is 8.66. The van der Waals surface area contributed by atoms with Crippen molar-refractivity contribution >= 4 is 51.1 Å². The Morgan fingerprint density at radius 3 is 2.53 bits per heavy atom. The molecular formula is C25H31N3O4S2. The minimum absolute atomic E-state index is 0.00636. The molecule has 2 N–H and O–H groups in total. The Labute approximate surface area is 207 Å². The van der Waals surface area contributed by atoms with Crippen LogP contribution in [0.4, 0.5) is 5.00 Å². The van der Waals surface area contributed by atoms with Crippen LogP contribution in [0, 0.1) is 17.8 Å².